The lowest BCUT2D eigenvalue weighted by Gasteiger charge is -2.28. The van der Waals surface area contributed by atoms with Crippen LogP contribution >= 0.6 is 0 Å². The normalized spacial score (nSPS) is 16.6. The maximum absolute atomic E-state index is 12.2. The molecule has 1 heterocycles. The number of hydrogen-bond acceptors (Lipinski definition) is 3. The molecule has 1 atom stereocenters. The van der Waals surface area contributed by atoms with Crippen molar-refractivity contribution in [2.24, 2.45) is 0 Å². The molecule has 1 aliphatic heterocycles. The minimum Gasteiger partial charge on any atom is -0.390 e. The molecule has 1 saturated heterocycles. The molecule has 1 aromatic rings. The highest BCUT2D eigenvalue weighted by molar-refractivity contribution is 5.91. The van der Waals surface area contributed by atoms with Gasteiger partial charge in [0.05, 0.1) is 6.10 Å². The molecule has 1 aliphatic rings. The van der Waals surface area contributed by atoms with Gasteiger partial charge in [0, 0.05) is 18.8 Å². The summed E-state index contributed by atoms with van der Waals surface area (Å²) in [5.74, 6) is 0. The average molecular weight is 333 g/mol. The van der Waals surface area contributed by atoms with Crippen molar-refractivity contribution in [3.8, 4) is 0 Å². The van der Waals surface area contributed by atoms with E-state index in [2.05, 4.69) is 29.4 Å². The van der Waals surface area contributed by atoms with Gasteiger partial charge in [-0.15, -0.1) is 0 Å². The monoisotopic (exact) mass is 333 g/mol. The summed E-state index contributed by atoms with van der Waals surface area (Å²) in [5.41, 5.74) is 3.18. The molecule has 2 rings (SSSR count). The van der Waals surface area contributed by atoms with Crippen molar-refractivity contribution in [2.75, 3.05) is 31.5 Å². The number of nitrogens with zero attached hydrogens (tertiary/aromatic N) is 1. The van der Waals surface area contributed by atoms with Crippen LogP contribution < -0.4 is 10.6 Å². The van der Waals surface area contributed by atoms with E-state index in [9.17, 15) is 9.90 Å². The number of amides is 2. The molecule has 1 aromatic carbocycles. The van der Waals surface area contributed by atoms with Crippen LogP contribution in [0.15, 0.2) is 18.2 Å². The molecule has 24 heavy (non-hydrogen) atoms. The highest BCUT2D eigenvalue weighted by Crippen LogP contribution is 2.22. The molecular formula is C19H31N3O2. The molecule has 0 unspecified atom stereocenters. The number of nitrogens with one attached hydrogen (secondary N) is 2. The number of urea groups is 1. The second kappa shape index (κ2) is 9.64. The standard InChI is InChI=1S/C19H31N3O2/c1-3-15-9-8-10-16(4-2)18(15)21-19(24)20-13-17(23)14-22-11-6-5-7-12-22/h8-10,17,23H,3-7,11-14H2,1-2H3,(H2,20,21,24)/t17-/m0/s1. The van der Waals surface area contributed by atoms with Crippen LogP contribution in [0.25, 0.3) is 0 Å². The Morgan fingerprint density at radius 3 is 2.38 bits per heavy atom. The smallest absolute Gasteiger partial charge is 0.319 e. The lowest BCUT2D eigenvalue weighted by atomic mass is 10.0. The number of rotatable bonds is 7. The Labute approximate surface area is 145 Å². The number of para-hydroxylation sites is 1. The average Bonchev–Trinajstić information content (AvgIpc) is 2.61. The third kappa shape index (κ3) is 5.49. The first-order chi connectivity index (χ1) is 11.6. The summed E-state index contributed by atoms with van der Waals surface area (Å²) < 4.78 is 0. The van der Waals surface area contributed by atoms with Gasteiger partial charge in [0.15, 0.2) is 0 Å². The molecule has 0 spiro atoms. The summed E-state index contributed by atoms with van der Waals surface area (Å²) in [6.07, 6.45) is 4.91. The van der Waals surface area contributed by atoms with Gasteiger partial charge in [0.1, 0.15) is 0 Å². The predicted molar refractivity (Wildman–Crippen MR) is 98.5 cm³/mol. The summed E-state index contributed by atoms with van der Waals surface area (Å²) in [7, 11) is 0. The zero-order chi connectivity index (χ0) is 17.4. The zero-order valence-corrected chi connectivity index (χ0v) is 15.0. The number of aliphatic hydroxyl groups excluding tert-OH is 1. The molecule has 5 nitrogen and oxygen atoms in total. The van der Waals surface area contributed by atoms with Gasteiger partial charge in [0.2, 0.25) is 0 Å². The van der Waals surface area contributed by atoms with Crippen molar-refractivity contribution in [1.29, 1.82) is 0 Å². The Bertz CT molecular complexity index is 505. The number of benzene rings is 1. The van der Waals surface area contributed by atoms with E-state index >= 15 is 0 Å². The van der Waals surface area contributed by atoms with Crippen LogP contribution in [-0.4, -0.2) is 48.3 Å². The molecule has 0 radical (unpaired) electrons. The van der Waals surface area contributed by atoms with E-state index in [1.54, 1.807) is 0 Å². The minimum atomic E-state index is -0.527. The van der Waals surface area contributed by atoms with Gasteiger partial charge in [-0.25, -0.2) is 4.79 Å². The Balaban J connectivity index is 1.82. The Hall–Kier alpha value is -1.59. The zero-order valence-electron chi connectivity index (χ0n) is 15.0. The molecule has 1 fully saturated rings. The molecule has 5 heteroatoms. The fourth-order valence-corrected chi connectivity index (χ4v) is 3.28. The molecule has 0 saturated carbocycles. The second-order valence-electron chi connectivity index (χ2n) is 6.51. The van der Waals surface area contributed by atoms with Crippen molar-refractivity contribution >= 4 is 11.7 Å². The van der Waals surface area contributed by atoms with E-state index in [0.29, 0.717) is 6.54 Å². The highest BCUT2D eigenvalue weighted by Gasteiger charge is 2.16. The first-order valence-corrected chi connectivity index (χ1v) is 9.20. The molecule has 3 N–H and O–H groups in total. The van der Waals surface area contributed by atoms with Crippen LogP contribution in [0.1, 0.15) is 44.2 Å². The van der Waals surface area contributed by atoms with Crippen molar-refractivity contribution in [2.45, 2.75) is 52.1 Å². The van der Waals surface area contributed by atoms with Gasteiger partial charge < -0.3 is 20.6 Å². The first kappa shape index (κ1) is 18.7. The van der Waals surface area contributed by atoms with Crippen LogP contribution in [-0.2, 0) is 12.8 Å². The fraction of sp³-hybridized carbons (Fsp3) is 0.632. The van der Waals surface area contributed by atoms with Gasteiger partial charge in [0.25, 0.3) is 0 Å². The summed E-state index contributed by atoms with van der Waals surface area (Å²) in [4.78, 5) is 14.5. The lowest BCUT2D eigenvalue weighted by Crippen LogP contribution is -2.43. The van der Waals surface area contributed by atoms with Gasteiger partial charge in [-0.3, -0.25) is 0 Å². The van der Waals surface area contributed by atoms with Gasteiger partial charge in [-0.1, -0.05) is 38.5 Å². The first-order valence-electron chi connectivity index (χ1n) is 9.20. The quantitative estimate of drug-likeness (QED) is 0.719. The van der Waals surface area contributed by atoms with Crippen molar-refractivity contribution < 1.29 is 9.90 Å². The largest absolute Gasteiger partial charge is 0.390 e. The van der Waals surface area contributed by atoms with E-state index in [1.807, 2.05) is 18.2 Å². The summed E-state index contributed by atoms with van der Waals surface area (Å²) in [6, 6.07) is 5.87. The Morgan fingerprint density at radius 2 is 1.79 bits per heavy atom. The Kier molecular flexibility index (Phi) is 7.53. The third-order valence-electron chi connectivity index (χ3n) is 4.65. The molecule has 0 bridgehead atoms. The highest BCUT2D eigenvalue weighted by atomic mass is 16.3. The number of piperidine rings is 1. The van der Waals surface area contributed by atoms with Crippen molar-refractivity contribution in [3.63, 3.8) is 0 Å². The van der Waals surface area contributed by atoms with Crippen molar-refractivity contribution in [3.05, 3.63) is 29.3 Å². The van der Waals surface area contributed by atoms with Crippen LogP contribution in [0.4, 0.5) is 10.5 Å². The number of carbonyl (C=O) groups excluding carboxylic acids is 1. The van der Waals surface area contributed by atoms with Crippen LogP contribution in [0, 0.1) is 0 Å². The molecule has 134 valence electrons. The minimum absolute atomic E-state index is 0.247. The van der Waals surface area contributed by atoms with Crippen LogP contribution in [0.3, 0.4) is 0 Å². The van der Waals surface area contributed by atoms with E-state index < -0.39 is 6.10 Å². The molecule has 0 aliphatic carbocycles. The number of anilines is 1. The molecular weight excluding hydrogens is 302 g/mol. The van der Waals surface area contributed by atoms with E-state index in [4.69, 9.17) is 0 Å². The van der Waals surface area contributed by atoms with Crippen molar-refractivity contribution in [1.82, 2.24) is 10.2 Å². The third-order valence-corrected chi connectivity index (χ3v) is 4.65. The maximum atomic E-state index is 12.2. The number of likely N-dealkylation sites (tertiary alicyclic amines) is 1. The molecule has 0 aromatic heterocycles. The Morgan fingerprint density at radius 1 is 1.17 bits per heavy atom. The number of aryl methyl sites for hydroxylation is 2. The number of aliphatic hydroxyl groups is 1. The van der Waals surface area contributed by atoms with Gasteiger partial charge >= 0.3 is 6.03 Å². The van der Waals surface area contributed by atoms with E-state index in [-0.39, 0.29) is 12.6 Å². The van der Waals surface area contributed by atoms with Crippen LogP contribution in [0.2, 0.25) is 0 Å². The number of carbonyl (C=O) groups is 1. The number of hydrogen-bond donors (Lipinski definition) is 3. The van der Waals surface area contributed by atoms with Crippen LogP contribution in [0.5, 0.6) is 0 Å². The second-order valence-corrected chi connectivity index (χ2v) is 6.51. The van der Waals surface area contributed by atoms with Gasteiger partial charge in [-0.2, -0.15) is 0 Å². The summed E-state index contributed by atoms with van der Waals surface area (Å²) in [5, 5.41) is 15.9. The summed E-state index contributed by atoms with van der Waals surface area (Å²) >= 11 is 0. The van der Waals surface area contributed by atoms with E-state index in [0.717, 1.165) is 42.7 Å². The van der Waals surface area contributed by atoms with Gasteiger partial charge in [-0.05, 0) is 49.9 Å². The maximum Gasteiger partial charge on any atom is 0.319 e. The topological polar surface area (TPSA) is 64.6 Å². The predicted octanol–water partition coefficient (Wildman–Crippen LogP) is 2.78. The SMILES string of the molecule is CCc1cccc(CC)c1NC(=O)NC[C@H](O)CN1CCCCC1. The summed E-state index contributed by atoms with van der Waals surface area (Å²) in [6.45, 7) is 7.17. The number of β-amino-alcohol motifs (C(OH)–C–C–N with tert-alkyl or cyclic N) is 1. The fourth-order valence-electron chi connectivity index (χ4n) is 3.28. The van der Waals surface area contributed by atoms with E-state index in [1.165, 1.54) is 19.3 Å². The lowest BCUT2D eigenvalue weighted by molar-refractivity contribution is 0.102. The molecule has 2 amide bonds.